The molecule has 1 aromatic rings. The van der Waals surface area contributed by atoms with Crippen molar-refractivity contribution in [1.29, 1.82) is 0 Å². The molecule has 1 aliphatic heterocycles. The van der Waals surface area contributed by atoms with Gasteiger partial charge >= 0.3 is 0 Å². The highest BCUT2D eigenvalue weighted by Crippen LogP contribution is 2.11. The number of benzene rings is 1. The molecule has 0 amide bonds. The Hall–Kier alpha value is -0.370. The Balaban J connectivity index is 1.70. The number of halogens is 1. The van der Waals surface area contributed by atoms with E-state index in [4.69, 9.17) is 4.74 Å². The second kappa shape index (κ2) is 7.28. The zero-order valence-electron chi connectivity index (χ0n) is 10.3. The van der Waals surface area contributed by atoms with Crippen LogP contribution in [0.3, 0.4) is 0 Å². The molecule has 1 unspecified atom stereocenters. The van der Waals surface area contributed by atoms with E-state index < -0.39 is 0 Å². The van der Waals surface area contributed by atoms with Crippen LogP contribution in [0.5, 0.6) is 0 Å². The summed E-state index contributed by atoms with van der Waals surface area (Å²) in [5, 5.41) is 13.2. The summed E-state index contributed by atoms with van der Waals surface area (Å²) in [4.78, 5) is 2.24. The Kier molecular flexibility index (Phi) is 5.68. The minimum absolute atomic E-state index is 0.345. The van der Waals surface area contributed by atoms with Crippen molar-refractivity contribution >= 4 is 28.3 Å². The van der Waals surface area contributed by atoms with Gasteiger partial charge in [-0.3, -0.25) is 4.90 Å². The molecule has 0 saturated carbocycles. The number of aliphatic hydroxyl groups is 1. The number of β-amino-alcohol motifs (C(OH)–C–C–N with tert-alkyl or cyclic N) is 1. The molecule has 4 nitrogen and oxygen atoms in total. The predicted octanol–water partition coefficient (Wildman–Crippen LogP) is 1.40. The van der Waals surface area contributed by atoms with Gasteiger partial charge in [-0.25, -0.2) is 0 Å². The Bertz CT molecular complexity index is 353. The third-order valence-corrected chi connectivity index (χ3v) is 3.68. The van der Waals surface area contributed by atoms with Crippen LogP contribution in [0, 0.1) is 3.57 Å². The van der Waals surface area contributed by atoms with E-state index in [9.17, 15) is 5.11 Å². The fourth-order valence-electron chi connectivity index (χ4n) is 1.95. The summed E-state index contributed by atoms with van der Waals surface area (Å²) in [6.45, 7) is 4.68. The monoisotopic (exact) mass is 362 g/mol. The van der Waals surface area contributed by atoms with Crippen LogP contribution in [-0.2, 0) is 4.74 Å². The van der Waals surface area contributed by atoms with Gasteiger partial charge in [-0.05, 0) is 46.9 Å². The molecule has 1 fully saturated rings. The second-order valence-corrected chi connectivity index (χ2v) is 5.70. The minimum atomic E-state index is -0.345. The van der Waals surface area contributed by atoms with Gasteiger partial charge in [0.25, 0.3) is 0 Å². The molecular formula is C13H19IN2O2. The molecule has 5 heteroatoms. The first kappa shape index (κ1) is 14.0. The maximum absolute atomic E-state index is 9.97. The summed E-state index contributed by atoms with van der Waals surface area (Å²) in [5.41, 5.74) is 1.05. The van der Waals surface area contributed by atoms with Crippen LogP contribution < -0.4 is 5.32 Å². The van der Waals surface area contributed by atoms with Crippen LogP contribution in [0.25, 0.3) is 0 Å². The smallest absolute Gasteiger partial charge is 0.0839 e. The van der Waals surface area contributed by atoms with Gasteiger partial charge in [0.1, 0.15) is 0 Å². The normalized spacial score (nSPS) is 18.6. The van der Waals surface area contributed by atoms with E-state index in [0.29, 0.717) is 13.1 Å². The highest BCUT2D eigenvalue weighted by Gasteiger charge is 2.14. The molecule has 18 heavy (non-hydrogen) atoms. The highest BCUT2D eigenvalue weighted by atomic mass is 127. The quantitative estimate of drug-likeness (QED) is 0.778. The van der Waals surface area contributed by atoms with Crippen molar-refractivity contribution in [2.45, 2.75) is 6.10 Å². The van der Waals surface area contributed by atoms with Crippen LogP contribution in [0.15, 0.2) is 24.3 Å². The Morgan fingerprint density at radius 1 is 1.28 bits per heavy atom. The fourth-order valence-corrected chi connectivity index (χ4v) is 2.31. The lowest BCUT2D eigenvalue weighted by Gasteiger charge is -2.28. The molecule has 1 aliphatic rings. The lowest BCUT2D eigenvalue weighted by molar-refractivity contribution is 0.0171. The maximum atomic E-state index is 9.97. The topological polar surface area (TPSA) is 44.7 Å². The lowest BCUT2D eigenvalue weighted by Crippen LogP contribution is -2.42. The highest BCUT2D eigenvalue weighted by molar-refractivity contribution is 14.1. The van der Waals surface area contributed by atoms with E-state index >= 15 is 0 Å². The van der Waals surface area contributed by atoms with Gasteiger partial charge in [0.2, 0.25) is 0 Å². The van der Waals surface area contributed by atoms with E-state index in [1.54, 1.807) is 0 Å². The average Bonchev–Trinajstić information content (AvgIpc) is 2.39. The van der Waals surface area contributed by atoms with Crippen LogP contribution >= 0.6 is 22.6 Å². The van der Waals surface area contributed by atoms with Gasteiger partial charge in [-0.1, -0.05) is 0 Å². The van der Waals surface area contributed by atoms with Gasteiger partial charge in [0, 0.05) is 35.4 Å². The van der Waals surface area contributed by atoms with Crippen LogP contribution in [0.4, 0.5) is 5.69 Å². The number of hydrogen-bond donors (Lipinski definition) is 2. The van der Waals surface area contributed by atoms with E-state index in [1.807, 2.05) is 12.1 Å². The van der Waals surface area contributed by atoms with E-state index in [-0.39, 0.29) is 6.10 Å². The molecule has 0 aromatic heterocycles. The Morgan fingerprint density at radius 2 is 1.94 bits per heavy atom. The Labute approximate surface area is 121 Å². The molecule has 100 valence electrons. The first-order valence-electron chi connectivity index (χ1n) is 6.21. The number of morpholine rings is 1. The van der Waals surface area contributed by atoms with Gasteiger partial charge in [0.05, 0.1) is 19.3 Å². The largest absolute Gasteiger partial charge is 0.390 e. The third-order valence-electron chi connectivity index (χ3n) is 2.96. The molecule has 2 N–H and O–H groups in total. The van der Waals surface area contributed by atoms with Crippen LogP contribution in [0.1, 0.15) is 0 Å². The number of hydrogen-bond acceptors (Lipinski definition) is 4. The lowest BCUT2D eigenvalue weighted by atomic mass is 10.2. The summed E-state index contributed by atoms with van der Waals surface area (Å²) in [6, 6.07) is 8.17. The molecule has 1 saturated heterocycles. The van der Waals surface area contributed by atoms with Gasteiger partial charge < -0.3 is 15.2 Å². The van der Waals surface area contributed by atoms with Crippen molar-refractivity contribution in [3.8, 4) is 0 Å². The Morgan fingerprint density at radius 3 is 2.61 bits per heavy atom. The molecule has 0 radical (unpaired) electrons. The molecular weight excluding hydrogens is 343 g/mol. The van der Waals surface area contributed by atoms with Crippen LogP contribution in [-0.4, -0.2) is 55.5 Å². The average molecular weight is 362 g/mol. The van der Waals surface area contributed by atoms with Crippen molar-refractivity contribution in [3.63, 3.8) is 0 Å². The first-order chi connectivity index (χ1) is 8.74. The van der Waals surface area contributed by atoms with Gasteiger partial charge in [-0.15, -0.1) is 0 Å². The zero-order chi connectivity index (χ0) is 12.8. The van der Waals surface area contributed by atoms with Crippen molar-refractivity contribution in [2.24, 2.45) is 0 Å². The summed E-state index contributed by atoms with van der Waals surface area (Å²) >= 11 is 2.28. The predicted molar refractivity (Wildman–Crippen MR) is 80.9 cm³/mol. The molecule has 1 heterocycles. The van der Waals surface area contributed by atoms with Crippen LogP contribution in [0.2, 0.25) is 0 Å². The molecule has 0 spiro atoms. The summed E-state index contributed by atoms with van der Waals surface area (Å²) < 4.78 is 6.50. The minimum Gasteiger partial charge on any atom is -0.390 e. The number of nitrogens with one attached hydrogen (secondary N) is 1. The van der Waals surface area contributed by atoms with Crippen molar-refractivity contribution in [3.05, 3.63) is 27.8 Å². The number of ether oxygens (including phenoxy) is 1. The summed E-state index contributed by atoms with van der Waals surface area (Å²) in [5.74, 6) is 0. The standard InChI is InChI=1S/C13H19IN2O2/c14-11-1-3-12(4-2-11)15-9-13(17)10-16-5-7-18-8-6-16/h1-4,13,15,17H,5-10H2. The molecule has 1 atom stereocenters. The molecule has 1 aromatic carbocycles. The molecule has 0 bridgehead atoms. The van der Waals surface area contributed by atoms with Gasteiger partial charge in [-0.2, -0.15) is 0 Å². The van der Waals surface area contributed by atoms with Crippen molar-refractivity contribution in [1.82, 2.24) is 4.90 Å². The zero-order valence-corrected chi connectivity index (χ0v) is 12.5. The van der Waals surface area contributed by atoms with E-state index in [2.05, 4.69) is 44.9 Å². The number of aliphatic hydroxyl groups excluding tert-OH is 1. The van der Waals surface area contributed by atoms with E-state index in [0.717, 1.165) is 32.0 Å². The number of rotatable bonds is 5. The molecule has 0 aliphatic carbocycles. The fraction of sp³-hybridized carbons (Fsp3) is 0.538. The number of nitrogens with zero attached hydrogens (tertiary/aromatic N) is 1. The van der Waals surface area contributed by atoms with Gasteiger partial charge in [0.15, 0.2) is 0 Å². The summed E-state index contributed by atoms with van der Waals surface area (Å²) in [7, 11) is 0. The third kappa shape index (κ3) is 4.72. The maximum Gasteiger partial charge on any atom is 0.0839 e. The van der Waals surface area contributed by atoms with E-state index in [1.165, 1.54) is 3.57 Å². The SMILES string of the molecule is OC(CNc1ccc(I)cc1)CN1CCOCC1. The second-order valence-electron chi connectivity index (χ2n) is 4.45. The van der Waals surface area contributed by atoms with Crippen molar-refractivity contribution in [2.75, 3.05) is 44.7 Å². The van der Waals surface area contributed by atoms with Crippen molar-refractivity contribution < 1.29 is 9.84 Å². The summed E-state index contributed by atoms with van der Waals surface area (Å²) in [6.07, 6.45) is -0.345. The number of anilines is 1. The first-order valence-corrected chi connectivity index (χ1v) is 7.29. The molecule has 2 rings (SSSR count).